The molecule has 5 heteroatoms. The Labute approximate surface area is 162 Å². The van der Waals surface area contributed by atoms with Gasteiger partial charge in [0.15, 0.2) is 0 Å². The van der Waals surface area contributed by atoms with Gasteiger partial charge >= 0.3 is 163 Å². The van der Waals surface area contributed by atoms with Gasteiger partial charge in [0.25, 0.3) is 0 Å². The van der Waals surface area contributed by atoms with Crippen LogP contribution in [0.2, 0.25) is 0 Å². The molecule has 0 radical (unpaired) electrons. The first kappa shape index (κ1) is 19.1. The van der Waals surface area contributed by atoms with Crippen LogP contribution in [0.15, 0.2) is 91.0 Å². The Hall–Kier alpha value is -2.69. The fourth-order valence-corrected chi connectivity index (χ4v) is 16.1. The van der Waals surface area contributed by atoms with E-state index in [-0.39, 0.29) is 10.3 Å². The van der Waals surface area contributed by atoms with Crippen LogP contribution in [-0.4, -0.2) is 39.5 Å². The summed E-state index contributed by atoms with van der Waals surface area (Å²) in [4.78, 5) is 16.4. The summed E-state index contributed by atoms with van der Waals surface area (Å²) < 4.78 is 8.48. The second kappa shape index (κ2) is 8.80. The van der Waals surface area contributed by atoms with Crippen LogP contribution in [0.25, 0.3) is 5.53 Å². The molecule has 0 aliphatic carbocycles. The quantitative estimate of drug-likeness (QED) is 0.185. The zero-order chi connectivity index (χ0) is 19.1. The molecule has 3 aromatic carbocycles. The van der Waals surface area contributed by atoms with Crippen LogP contribution in [0.1, 0.15) is 6.92 Å². The fourth-order valence-electron chi connectivity index (χ4n) is 3.44. The maximum atomic E-state index is 12.9. The van der Waals surface area contributed by atoms with E-state index in [1.807, 2.05) is 91.0 Å². The van der Waals surface area contributed by atoms with E-state index in [1.165, 1.54) is 0 Å². The van der Waals surface area contributed by atoms with Gasteiger partial charge in [-0.2, -0.15) is 0 Å². The molecule has 4 nitrogen and oxygen atoms in total. The molecule has 0 saturated carbocycles. The molecule has 0 unspecified atom stereocenters. The molecule has 27 heavy (non-hydrogen) atoms. The molecule has 0 amide bonds. The van der Waals surface area contributed by atoms with E-state index < -0.39 is 24.3 Å². The van der Waals surface area contributed by atoms with Crippen molar-refractivity contribution in [3.63, 3.8) is 0 Å². The standard InChI is InChI=1S/3C6H5.C4H5N2O2.Sn/c3*1-2-4-6-5-3-1;1-2-8-4(7)3-6-5;/h3*1-5H;2H2,1H3;. The number of esters is 1. The van der Waals surface area contributed by atoms with Gasteiger partial charge in [0.2, 0.25) is 0 Å². The van der Waals surface area contributed by atoms with Crippen molar-refractivity contribution in [3.05, 3.63) is 96.5 Å². The van der Waals surface area contributed by atoms with Crippen LogP contribution < -0.4 is 10.7 Å². The third kappa shape index (κ3) is 3.59. The van der Waals surface area contributed by atoms with Gasteiger partial charge in [-0.1, -0.05) is 0 Å². The van der Waals surface area contributed by atoms with Crippen molar-refractivity contribution in [2.75, 3.05) is 6.61 Å². The summed E-state index contributed by atoms with van der Waals surface area (Å²) in [5.74, 6) is -0.563. The van der Waals surface area contributed by atoms with E-state index in [1.54, 1.807) is 6.92 Å². The molecule has 0 aromatic heterocycles. The van der Waals surface area contributed by atoms with Crippen LogP contribution in [0.3, 0.4) is 0 Å². The Bertz CT molecular complexity index is 857. The van der Waals surface area contributed by atoms with E-state index >= 15 is 0 Å². The number of benzene rings is 3. The van der Waals surface area contributed by atoms with Crippen molar-refractivity contribution >= 4 is 38.8 Å². The number of carbonyl (C=O) groups excluding carboxylic acids is 1. The van der Waals surface area contributed by atoms with E-state index in [2.05, 4.69) is 4.79 Å². The van der Waals surface area contributed by atoms with Gasteiger partial charge in [-0.25, -0.2) is 0 Å². The predicted octanol–water partition coefficient (Wildman–Crippen LogP) is 1.93. The molecule has 0 heterocycles. The summed E-state index contributed by atoms with van der Waals surface area (Å²) in [5.41, 5.74) is 9.98. The minimum absolute atomic E-state index is 0.134. The Kier molecular flexibility index (Phi) is 6.22. The SMILES string of the molecule is CCOC(=O)[C](=[N+]=[N-])[Sn]([c]1ccccc1)([c]1ccccc1)[c]1ccccc1. The number of hydrogen-bond acceptors (Lipinski definition) is 2. The monoisotopic (exact) mass is 464 g/mol. The van der Waals surface area contributed by atoms with Crippen molar-refractivity contribution in [2.45, 2.75) is 6.92 Å². The number of rotatable bonds is 6. The van der Waals surface area contributed by atoms with Crippen LogP contribution in [0.4, 0.5) is 0 Å². The minimum atomic E-state index is -4.16. The molecular formula is C22H20N2O2Sn. The summed E-state index contributed by atoms with van der Waals surface area (Å²) >= 11 is -4.16. The molecular weight excluding hydrogens is 443 g/mol. The first-order valence-electron chi connectivity index (χ1n) is 8.81. The molecule has 3 rings (SSSR count). The Morgan fingerprint density at radius 3 is 1.48 bits per heavy atom. The first-order chi connectivity index (χ1) is 13.2. The van der Waals surface area contributed by atoms with Crippen LogP contribution in [0.5, 0.6) is 0 Å². The van der Waals surface area contributed by atoms with E-state index in [0.717, 1.165) is 10.7 Å². The Morgan fingerprint density at radius 2 is 1.19 bits per heavy atom. The average molecular weight is 463 g/mol. The van der Waals surface area contributed by atoms with Crippen LogP contribution in [0, 0.1) is 0 Å². The van der Waals surface area contributed by atoms with Gasteiger partial charge in [0.1, 0.15) is 0 Å². The van der Waals surface area contributed by atoms with Crippen LogP contribution >= 0.6 is 0 Å². The average Bonchev–Trinajstić information content (AvgIpc) is 2.74. The molecule has 0 fully saturated rings. The number of carbonyl (C=O) groups is 1. The second-order valence-electron chi connectivity index (χ2n) is 6.02. The molecule has 0 saturated heterocycles. The van der Waals surface area contributed by atoms with Gasteiger partial charge in [-0.05, 0) is 0 Å². The zero-order valence-corrected chi connectivity index (χ0v) is 17.9. The fraction of sp³-hybridized carbons (Fsp3) is 0.0909. The maximum absolute atomic E-state index is 12.9. The Morgan fingerprint density at radius 1 is 0.815 bits per heavy atom. The van der Waals surface area contributed by atoms with Crippen molar-refractivity contribution in [1.29, 1.82) is 0 Å². The Balaban J connectivity index is 2.43. The zero-order valence-electron chi connectivity index (χ0n) is 15.1. The summed E-state index contributed by atoms with van der Waals surface area (Å²) in [6.07, 6.45) is 0. The third-order valence-electron chi connectivity index (χ3n) is 4.54. The molecule has 0 aliphatic heterocycles. The first-order valence-corrected chi connectivity index (χ1v) is 14.5. The van der Waals surface area contributed by atoms with Crippen molar-refractivity contribution in [3.8, 4) is 0 Å². The molecule has 0 N–H and O–H groups in total. The number of hydrogen-bond donors (Lipinski definition) is 0. The third-order valence-corrected chi connectivity index (χ3v) is 17.7. The van der Waals surface area contributed by atoms with E-state index in [4.69, 9.17) is 4.74 Å². The van der Waals surface area contributed by atoms with Gasteiger partial charge < -0.3 is 0 Å². The van der Waals surface area contributed by atoms with E-state index in [0.29, 0.717) is 0 Å². The number of nitrogens with zero attached hydrogens (tertiary/aromatic N) is 2. The van der Waals surface area contributed by atoms with Crippen molar-refractivity contribution in [1.82, 2.24) is 0 Å². The summed E-state index contributed by atoms with van der Waals surface area (Å²) in [7, 11) is 0. The molecule has 0 aliphatic rings. The van der Waals surface area contributed by atoms with Gasteiger partial charge in [-0.3, -0.25) is 0 Å². The molecule has 0 spiro atoms. The summed E-state index contributed by atoms with van der Waals surface area (Å²) in [6.45, 7) is 1.97. The topological polar surface area (TPSA) is 62.7 Å². The van der Waals surface area contributed by atoms with Crippen molar-refractivity contribution in [2.24, 2.45) is 0 Å². The van der Waals surface area contributed by atoms with Gasteiger partial charge in [-0.15, -0.1) is 0 Å². The summed E-state index contributed by atoms with van der Waals surface area (Å²) in [6, 6.07) is 29.6. The normalized spacial score (nSPS) is 10.7. The second-order valence-corrected chi connectivity index (χ2v) is 16.6. The molecule has 134 valence electrons. The molecule has 0 bridgehead atoms. The van der Waals surface area contributed by atoms with E-state index in [9.17, 15) is 10.3 Å². The number of ether oxygens (including phenoxy) is 1. The van der Waals surface area contributed by atoms with Crippen LogP contribution in [-0.2, 0) is 9.53 Å². The predicted molar refractivity (Wildman–Crippen MR) is 109 cm³/mol. The van der Waals surface area contributed by atoms with Gasteiger partial charge in [0, 0.05) is 0 Å². The molecule has 0 atom stereocenters. The van der Waals surface area contributed by atoms with Gasteiger partial charge in [0.05, 0.1) is 0 Å². The molecule has 3 aromatic rings. The summed E-state index contributed by atoms with van der Waals surface area (Å²) in [5, 5.41) is 0. The van der Waals surface area contributed by atoms with Crippen molar-refractivity contribution < 1.29 is 14.3 Å².